The number of allylic oxidation sites excluding steroid dienone is 2. The highest BCUT2D eigenvalue weighted by atomic mass is 16.5. The van der Waals surface area contributed by atoms with Gasteiger partial charge in [-0.05, 0) is 24.3 Å². The second kappa shape index (κ2) is 8.41. The summed E-state index contributed by atoms with van der Waals surface area (Å²) in [7, 11) is 2.48. The number of carbonyl (C=O) groups is 2. The summed E-state index contributed by atoms with van der Waals surface area (Å²) in [4.78, 5) is 26.0. The Kier molecular flexibility index (Phi) is 6.02. The van der Waals surface area contributed by atoms with Crippen molar-refractivity contribution < 1.29 is 23.8 Å². The fraction of sp³-hybridized carbons (Fsp3) is 0.158. The molecule has 0 aromatic heterocycles. The first-order chi connectivity index (χ1) is 12.1. The van der Waals surface area contributed by atoms with Crippen LogP contribution in [0.4, 0.5) is 5.69 Å². The second-order valence-electron chi connectivity index (χ2n) is 4.78. The molecule has 0 atom stereocenters. The molecule has 0 amide bonds. The highest BCUT2D eigenvalue weighted by Gasteiger charge is 2.28. The van der Waals surface area contributed by atoms with Crippen LogP contribution in [0.3, 0.4) is 0 Å². The fourth-order valence-corrected chi connectivity index (χ4v) is 2.25. The van der Waals surface area contributed by atoms with Crippen LogP contribution in [-0.4, -0.2) is 32.8 Å². The first kappa shape index (κ1) is 17.9. The maximum atomic E-state index is 12.4. The predicted octanol–water partition coefficient (Wildman–Crippen LogP) is 2.19. The van der Waals surface area contributed by atoms with Gasteiger partial charge in [-0.1, -0.05) is 24.1 Å². The fourth-order valence-electron chi connectivity index (χ4n) is 2.25. The zero-order chi connectivity index (χ0) is 18.2. The number of nitrogens with zero attached hydrogens (tertiary/aromatic N) is 1. The number of hydrogen-bond donors (Lipinski definition) is 0. The third kappa shape index (κ3) is 3.90. The number of esters is 2. The molecule has 1 aromatic rings. The Labute approximate surface area is 146 Å². The molecule has 0 saturated heterocycles. The minimum atomic E-state index is -0.691. The normalized spacial score (nSPS) is 13.1. The van der Waals surface area contributed by atoms with Crippen molar-refractivity contribution in [2.75, 3.05) is 25.7 Å². The molecule has 1 aromatic carbocycles. The molecule has 2 rings (SSSR count). The molecule has 0 fully saturated rings. The van der Waals surface area contributed by atoms with Crippen molar-refractivity contribution in [3.05, 3.63) is 60.0 Å². The van der Waals surface area contributed by atoms with Crippen LogP contribution >= 0.6 is 0 Å². The number of anilines is 1. The van der Waals surface area contributed by atoms with Gasteiger partial charge in [0.05, 0.1) is 25.5 Å². The van der Waals surface area contributed by atoms with E-state index in [1.54, 1.807) is 42.6 Å². The minimum absolute atomic E-state index is 0.0103. The minimum Gasteiger partial charge on any atom is -0.479 e. The Morgan fingerprint density at radius 2 is 1.84 bits per heavy atom. The van der Waals surface area contributed by atoms with E-state index in [0.717, 1.165) is 0 Å². The van der Waals surface area contributed by atoms with Gasteiger partial charge in [-0.3, -0.25) is 0 Å². The van der Waals surface area contributed by atoms with E-state index in [4.69, 9.17) is 20.6 Å². The van der Waals surface area contributed by atoms with Crippen LogP contribution in [0, 0.1) is 12.3 Å². The predicted molar refractivity (Wildman–Crippen MR) is 92.6 cm³/mol. The lowest BCUT2D eigenvalue weighted by Gasteiger charge is -2.24. The molecule has 1 aliphatic heterocycles. The van der Waals surface area contributed by atoms with Crippen molar-refractivity contribution in [1.82, 2.24) is 0 Å². The van der Waals surface area contributed by atoms with Crippen molar-refractivity contribution in [1.29, 1.82) is 0 Å². The van der Waals surface area contributed by atoms with Crippen LogP contribution in [0.15, 0.2) is 60.0 Å². The first-order valence-electron chi connectivity index (χ1n) is 7.34. The molecule has 0 radical (unpaired) electrons. The van der Waals surface area contributed by atoms with Crippen molar-refractivity contribution in [2.45, 2.75) is 0 Å². The lowest BCUT2D eigenvalue weighted by molar-refractivity contribution is -0.139. The summed E-state index contributed by atoms with van der Waals surface area (Å²) in [5.41, 5.74) is 0.599. The summed E-state index contributed by atoms with van der Waals surface area (Å²) in [5, 5.41) is 0. The van der Waals surface area contributed by atoms with Crippen LogP contribution in [0.25, 0.3) is 0 Å². The molecule has 25 heavy (non-hydrogen) atoms. The highest BCUT2D eigenvalue weighted by Crippen LogP contribution is 2.33. The zero-order valence-corrected chi connectivity index (χ0v) is 13.9. The van der Waals surface area contributed by atoms with Gasteiger partial charge in [-0.15, -0.1) is 6.42 Å². The average Bonchev–Trinajstić information content (AvgIpc) is 2.88. The van der Waals surface area contributed by atoms with E-state index in [1.807, 2.05) is 0 Å². The highest BCUT2D eigenvalue weighted by molar-refractivity contribution is 6.05. The number of hydrogen-bond acceptors (Lipinski definition) is 6. The summed E-state index contributed by atoms with van der Waals surface area (Å²) < 4.78 is 15.2. The van der Waals surface area contributed by atoms with Gasteiger partial charge in [0.15, 0.2) is 0 Å². The van der Waals surface area contributed by atoms with E-state index in [9.17, 15) is 9.59 Å². The molecule has 0 bridgehead atoms. The van der Waals surface area contributed by atoms with Crippen molar-refractivity contribution in [3.63, 3.8) is 0 Å². The van der Waals surface area contributed by atoms with Crippen molar-refractivity contribution >= 4 is 17.6 Å². The largest absolute Gasteiger partial charge is 0.479 e. The molecule has 0 unspecified atom stereocenters. The molecule has 1 aliphatic rings. The van der Waals surface area contributed by atoms with Gasteiger partial charge in [0, 0.05) is 6.20 Å². The second-order valence-corrected chi connectivity index (χ2v) is 4.78. The van der Waals surface area contributed by atoms with E-state index in [2.05, 4.69) is 5.92 Å². The van der Waals surface area contributed by atoms with Gasteiger partial charge in [0.25, 0.3) is 0 Å². The van der Waals surface area contributed by atoms with Gasteiger partial charge >= 0.3 is 11.9 Å². The smallest absolute Gasteiger partial charge is 0.355 e. The van der Waals surface area contributed by atoms with Crippen LogP contribution in [-0.2, 0) is 19.1 Å². The third-order valence-corrected chi connectivity index (χ3v) is 3.33. The lowest BCUT2D eigenvalue weighted by Crippen LogP contribution is -2.27. The summed E-state index contributed by atoms with van der Waals surface area (Å²) in [6, 6.07) is 7.00. The van der Waals surface area contributed by atoms with Gasteiger partial charge < -0.3 is 19.1 Å². The van der Waals surface area contributed by atoms with Gasteiger partial charge in [-0.25, -0.2) is 9.59 Å². The number of methoxy groups -OCH3 is 2. The standard InChI is InChI=1S/C19H17NO5/c1-4-13-25-16-11-6-5-10-15(16)20-12-8-7-9-14(18(21)23-2)17(20)19(22)24-3/h1,5-12H,13H2,2-3H3. The van der Waals surface area contributed by atoms with Crippen LogP contribution in [0.2, 0.25) is 0 Å². The Balaban J connectivity index is 2.64. The van der Waals surface area contributed by atoms with Gasteiger partial charge in [-0.2, -0.15) is 0 Å². The molecule has 128 valence electrons. The molecule has 0 spiro atoms. The summed E-state index contributed by atoms with van der Waals surface area (Å²) in [6.45, 7) is 0.0634. The number of benzene rings is 1. The first-order valence-corrected chi connectivity index (χ1v) is 7.34. The van der Waals surface area contributed by atoms with Crippen LogP contribution < -0.4 is 9.64 Å². The van der Waals surface area contributed by atoms with Crippen molar-refractivity contribution in [3.8, 4) is 18.1 Å². The van der Waals surface area contributed by atoms with E-state index < -0.39 is 11.9 Å². The Morgan fingerprint density at radius 1 is 1.12 bits per heavy atom. The van der Waals surface area contributed by atoms with E-state index in [0.29, 0.717) is 11.4 Å². The third-order valence-electron chi connectivity index (χ3n) is 3.33. The lowest BCUT2D eigenvalue weighted by atomic mass is 10.1. The molecule has 0 N–H and O–H groups in total. The summed E-state index contributed by atoms with van der Waals surface area (Å²) >= 11 is 0. The van der Waals surface area contributed by atoms with E-state index in [-0.39, 0.29) is 17.9 Å². The molecule has 0 aliphatic carbocycles. The van der Waals surface area contributed by atoms with Gasteiger partial charge in [0.1, 0.15) is 18.1 Å². The molecular formula is C19H17NO5. The van der Waals surface area contributed by atoms with Crippen LogP contribution in [0.5, 0.6) is 5.75 Å². The molecule has 6 nitrogen and oxygen atoms in total. The SMILES string of the molecule is C#CCOc1ccccc1N1C=CC=CC(C(=O)OC)=C1C(=O)OC. The average molecular weight is 339 g/mol. The zero-order valence-electron chi connectivity index (χ0n) is 13.9. The Morgan fingerprint density at radius 3 is 2.52 bits per heavy atom. The number of rotatable bonds is 5. The molecule has 1 heterocycles. The molecule has 0 saturated carbocycles. The van der Waals surface area contributed by atoms with E-state index >= 15 is 0 Å². The number of ether oxygens (including phenoxy) is 3. The Bertz CT molecular complexity index is 798. The van der Waals surface area contributed by atoms with E-state index in [1.165, 1.54) is 25.2 Å². The number of para-hydroxylation sites is 2. The quantitative estimate of drug-likeness (QED) is 0.605. The summed E-state index contributed by atoms with van der Waals surface area (Å²) in [6.07, 6.45) is 11.7. The van der Waals surface area contributed by atoms with Gasteiger partial charge in [0.2, 0.25) is 0 Å². The maximum absolute atomic E-state index is 12.4. The number of terminal acetylenes is 1. The molecular weight excluding hydrogens is 322 g/mol. The number of carbonyl (C=O) groups excluding carboxylic acids is 2. The monoisotopic (exact) mass is 339 g/mol. The van der Waals surface area contributed by atoms with Crippen LogP contribution in [0.1, 0.15) is 0 Å². The maximum Gasteiger partial charge on any atom is 0.355 e. The summed E-state index contributed by atoms with van der Waals surface area (Å²) in [5.74, 6) is 1.50. The van der Waals surface area contributed by atoms with Crippen molar-refractivity contribution in [2.24, 2.45) is 0 Å². The topological polar surface area (TPSA) is 65.1 Å². The molecule has 6 heteroatoms. The Hall–Kier alpha value is -3.46.